The quantitative estimate of drug-likeness (QED) is 0.177. The summed E-state index contributed by atoms with van der Waals surface area (Å²) in [6, 6.07) is 5.28. The van der Waals surface area contributed by atoms with Crippen LogP contribution in [0.4, 0.5) is 0 Å². The number of rotatable bonds is 17. The fourth-order valence-electron chi connectivity index (χ4n) is 3.10. The number of carbonyl (C=O) groups is 2. The van der Waals surface area contributed by atoms with Gasteiger partial charge in [-0.15, -0.1) is 0 Å². The van der Waals surface area contributed by atoms with E-state index in [0.29, 0.717) is 35.1 Å². The molecule has 0 aliphatic rings. The van der Waals surface area contributed by atoms with E-state index in [1.54, 1.807) is 18.2 Å². The molecule has 1 rings (SSSR count). The van der Waals surface area contributed by atoms with Gasteiger partial charge < -0.3 is 9.47 Å². The van der Waals surface area contributed by atoms with E-state index in [0.717, 1.165) is 51.4 Å². The third-order valence-corrected chi connectivity index (χ3v) is 5.80. The van der Waals surface area contributed by atoms with Gasteiger partial charge in [0.1, 0.15) is 6.61 Å². The van der Waals surface area contributed by atoms with E-state index in [1.807, 2.05) is 0 Å². The molecular formula is C24H36Cl2O4. The molecule has 0 saturated carbocycles. The molecule has 0 fully saturated rings. The molecule has 30 heavy (non-hydrogen) atoms. The Labute approximate surface area is 191 Å². The molecule has 6 heteroatoms. The minimum absolute atomic E-state index is 0.0759. The summed E-state index contributed by atoms with van der Waals surface area (Å²) in [5.41, 5.74) is 0.715. The average Bonchev–Trinajstić information content (AvgIpc) is 2.73. The molecule has 0 N–H and O–H groups in total. The largest absolute Gasteiger partial charge is 0.466 e. The van der Waals surface area contributed by atoms with E-state index in [2.05, 4.69) is 6.92 Å². The SMILES string of the molecule is CCCCCCCOC(=O)CCCCCCCCC(=O)OCc1cccc(Cl)c1Cl. The number of esters is 2. The van der Waals surface area contributed by atoms with Gasteiger partial charge in [-0.1, -0.05) is 93.6 Å². The molecule has 0 unspecified atom stereocenters. The second-order valence-electron chi connectivity index (χ2n) is 7.63. The van der Waals surface area contributed by atoms with E-state index in [4.69, 9.17) is 32.7 Å². The summed E-state index contributed by atoms with van der Waals surface area (Å²) >= 11 is 12.0. The Balaban J connectivity index is 1.92. The van der Waals surface area contributed by atoms with Crippen LogP contribution in [0.5, 0.6) is 0 Å². The van der Waals surface area contributed by atoms with E-state index in [-0.39, 0.29) is 18.5 Å². The summed E-state index contributed by atoms with van der Waals surface area (Å²) < 4.78 is 10.5. The van der Waals surface area contributed by atoms with E-state index < -0.39 is 0 Å². The maximum Gasteiger partial charge on any atom is 0.306 e. The molecule has 0 aliphatic heterocycles. The first-order valence-corrected chi connectivity index (χ1v) is 12.0. The van der Waals surface area contributed by atoms with Gasteiger partial charge in [0, 0.05) is 18.4 Å². The Bertz CT molecular complexity index is 619. The van der Waals surface area contributed by atoms with Gasteiger partial charge >= 0.3 is 11.9 Å². The first-order chi connectivity index (χ1) is 14.5. The topological polar surface area (TPSA) is 52.6 Å². The Morgan fingerprint density at radius 3 is 2.00 bits per heavy atom. The van der Waals surface area contributed by atoms with Crippen molar-refractivity contribution in [3.63, 3.8) is 0 Å². The van der Waals surface area contributed by atoms with E-state index in [9.17, 15) is 9.59 Å². The van der Waals surface area contributed by atoms with E-state index >= 15 is 0 Å². The molecule has 0 aromatic heterocycles. The molecule has 170 valence electrons. The summed E-state index contributed by atoms with van der Waals surface area (Å²) in [7, 11) is 0. The van der Waals surface area contributed by atoms with Crippen molar-refractivity contribution in [2.45, 2.75) is 97.0 Å². The standard InChI is InChI=1S/C24H36Cl2O4/c1-2-3-4-9-12-18-29-22(27)16-10-7-5-6-8-11-17-23(28)30-19-20-14-13-15-21(25)24(20)26/h13-15H,2-12,16-19H2,1H3. The third kappa shape index (κ3) is 13.1. The van der Waals surface area contributed by atoms with Crippen LogP contribution in [-0.2, 0) is 25.7 Å². The zero-order valence-electron chi connectivity index (χ0n) is 18.2. The smallest absolute Gasteiger partial charge is 0.306 e. The number of hydrogen-bond acceptors (Lipinski definition) is 4. The lowest BCUT2D eigenvalue weighted by Gasteiger charge is -2.07. The van der Waals surface area contributed by atoms with Crippen molar-refractivity contribution in [3.8, 4) is 0 Å². The lowest BCUT2D eigenvalue weighted by molar-refractivity contribution is -0.145. The van der Waals surface area contributed by atoms with Crippen LogP contribution in [-0.4, -0.2) is 18.5 Å². The van der Waals surface area contributed by atoms with Crippen LogP contribution in [0.1, 0.15) is 96.0 Å². The maximum absolute atomic E-state index is 11.8. The zero-order chi connectivity index (χ0) is 22.0. The zero-order valence-corrected chi connectivity index (χ0v) is 19.7. The summed E-state index contributed by atoms with van der Waals surface area (Å²) in [6.45, 7) is 2.89. The lowest BCUT2D eigenvalue weighted by Crippen LogP contribution is -2.05. The number of benzene rings is 1. The van der Waals surface area contributed by atoms with Crippen LogP contribution in [0.2, 0.25) is 10.0 Å². The molecular weight excluding hydrogens is 423 g/mol. The normalized spacial score (nSPS) is 10.8. The predicted molar refractivity (Wildman–Crippen MR) is 123 cm³/mol. The molecule has 0 saturated heterocycles. The fourth-order valence-corrected chi connectivity index (χ4v) is 3.47. The highest BCUT2D eigenvalue weighted by atomic mass is 35.5. The molecule has 1 aromatic rings. The second-order valence-corrected chi connectivity index (χ2v) is 8.41. The Morgan fingerprint density at radius 1 is 0.767 bits per heavy atom. The van der Waals surface area contributed by atoms with Crippen LogP contribution < -0.4 is 0 Å². The molecule has 0 spiro atoms. The van der Waals surface area contributed by atoms with Gasteiger partial charge in [-0.25, -0.2) is 0 Å². The molecule has 0 atom stereocenters. The number of hydrogen-bond donors (Lipinski definition) is 0. The van der Waals surface area contributed by atoms with Crippen molar-refractivity contribution in [1.29, 1.82) is 0 Å². The van der Waals surface area contributed by atoms with Gasteiger partial charge in [0.05, 0.1) is 16.7 Å². The lowest BCUT2D eigenvalue weighted by atomic mass is 10.1. The molecule has 0 radical (unpaired) electrons. The fraction of sp³-hybridized carbons (Fsp3) is 0.667. The Kier molecular flexibility index (Phi) is 15.6. The summed E-state index contributed by atoms with van der Waals surface area (Å²) in [6.07, 6.45) is 12.5. The van der Waals surface area contributed by atoms with Crippen molar-refractivity contribution in [1.82, 2.24) is 0 Å². The average molecular weight is 459 g/mol. The highest BCUT2D eigenvalue weighted by molar-refractivity contribution is 6.42. The number of unbranched alkanes of at least 4 members (excludes halogenated alkanes) is 9. The van der Waals surface area contributed by atoms with Crippen LogP contribution in [0.3, 0.4) is 0 Å². The van der Waals surface area contributed by atoms with Gasteiger partial charge in [0.15, 0.2) is 0 Å². The van der Waals surface area contributed by atoms with Crippen molar-refractivity contribution in [2.75, 3.05) is 6.61 Å². The molecule has 0 aliphatic carbocycles. The van der Waals surface area contributed by atoms with Crippen LogP contribution in [0.15, 0.2) is 18.2 Å². The second kappa shape index (κ2) is 17.4. The third-order valence-electron chi connectivity index (χ3n) is 4.94. The van der Waals surface area contributed by atoms with Gasteiger partial charge in [-0.05, 0) is 25.3 Å². The van der Waals surface area contributed by atoms with Crippen LogP contribution in [0.25, 0.3) is 0 Å². The number of ether oxygens (including phenoxy) is 2. The summed E-state index contributed by atoms with van der Waals surface area (Å²) in [5, 5.41) is 0.892. The first kappa shape index (κ1) is 26.8. The molecule has 4 nitrogen and oxygen atoms in total. The Hall–Kier alpha value is -1.26. The number of halogens is 2. The minimum atomic E-state index is -0.219. The Morgan fingerprint density at radius 2 is 1.33 bits per heavy atom. The minimum Gasteiger partial charge on any atom is -0.466 e. The van der Waals surface area contributed by atoms with Crippen LogP contribution in [0, 0.1) is 0 Å². The molecule has 1 aromatic carbocycles. The summed E-state index contributed by atoms with van der Waals surface area (Å²) in [5.74, 6) is -0.295. The highest BCUT2D eigenvalue weighted by Crippen LogP contribution is 2.26. The van der Waals surface area contributed by atoms with Crippen molar-refractivity contribution in [3.05, 3.63) is 33.8 Å². The van der Waals surface area contributed by atoms with Gasteiger partial charge in [0.2, 0.25) is 0 Å². The van der Waals surface area contributed by atoms with Crippen LogP contribution >= 0.6 is 23.2 Å². The van der Waals surface area contributed by atoms with E-state index in [1.165, 1.54) is 19.3 Å². The van der Waals surface area contributed by atoms with Crippen molar-refractivity contribution in [2.24, 2.45) is 0 Å². The highest BCUT2D eigenvalue weighted by Gasteiger charge is 2.08. The van der Waals surface area contributed by atoms with Gasteiger partial charge in [-0.3, -0.25) is 9.59 Å². The number of carbonyl (C=O) groups excluding carboxylic acids is 2. The first-order valence-electron chi connectivity index (χ1n) is 11.3. The molecule has 0 bridgehead atoms. The maximum atomic E-state index is 11.8. The summed E-state index contributed by atoms with van der Waals surface area (Å²) in [4.78, 5) is 23.5. The monoisotopic (exact) mass is 458 g/mol. The predicted octanol–water partition coefficient (Wildman–Crippen LogP) is 7.67. The molecule has 0 amide bonds. The van der Waals surface area contributed by atoms with Gasteiger partial charge in [0.25, 0.3) is 0 Å². The van der Waals surface area contributed by atoms with Gasteiger partial charge in [-0.2, -0.15) is 0 Å². The molecule has 0 heterocycles. The van der Waals surface area contributed by atoms with Crippen molar-refractivity contribution >= 4 is 35.1 Å². The van der Waals surface area contributed by atoms with Crippen molar-refractivity contribution < 1.29 is 19.1 Å².